The number of amides is 1. The van der Waals surface area contributed by atoms with Gasteiger partial charge in [0.05, 0.1) is 18.4 Å². The second-order valence-corrected chi connectivity index (χ2v) is 6.55. The van der Waals surface area contributed by atoms with E-state index in [1.165, 1.54) is 11.3 Å². The van der Waals surface area contributed by atoms with E-state index in [-0.39, 0.29) is 11.6 Å². The molecule has 0 atom stereocenters. The molecule has 1 N–H and O–H groups in total. The molecule has 24 heavy (non-hydrogen) atoms. The molecule has 0 bridgehead atoms. The summed E-state index contributed by atoms with van der Waals surface area (Å²) >= 11 is 1.46. The fourth-order valence-corrected chi connectivity index (χ4v) is 2.88. The summed E-state index contributed by atoms with van der Waals surface area (Å²) in [4.78, 5) is 24.8. The van der Waals surface area contributed by atoms with Crippen LogP contribution in [0.2, 0.25) is 0 Å². The Morgan fingerprint density at radius 1 is 1.38 bits per heavy atom. The molecule has 0 saturated carbocycles. The Bertz CT molecular complexity index is 813. The first kappa shape index (κ1) is 16.3. The minimum atomic E-state index is -0.275. The molecule has 8 heteroatoms. The van der Waals surface area contributed by atoms with Gasteiger partial charge in [-0.2, -0.15) is 0 Å². The van der Waals surface area contributed by atoms with Gasteiger partial charge in [0, 0.05) is 30.3 Å². The van der Waals surface area contributed by atoms with E-state index < -0.39 is 0 Å². The minimum absolute atomic E-state index is 0.275. The van der Waals surface area contributed by atoms with Crippen LogP contribution < -0.4 is 5.32 Å². The van der Waals surface area contributed by atoms with E-state index in [4.69, 9.17) is 4.52 Å². The first-order chi connectivity index (χ1) is 11.6. The maximum atomic E-state index is 12.1. The van der Waals surface area contributed by atoms with Crippen molar-refractivity contribution in [3.63, 3.8) is 0 Å². The molecule has 1 amide bonds. The van der Waals surface area contributed by atoms with Gasteiger partial charge in [-0.3, -0.25) is 14.8 Å². The van der Waals surface area contributed by atoms with Gasteiger partial charge in [-0.15, -0.1) is 11.3 Å². The number of nitrogens with one attached hydrogen (secondary N) is 1. The molecule has 0 saturated heterocycles. The number of rotatable bonds is 6. The Balaban J connectivity index is 1.59. The summed E-state index contributed by atoms with van der Waals surface area (Å²) in [5.41, 5.74) is 1.77. The predicted molar refractivity (Wildman–Crippen MR) is 89.4 cm³/mol. The van der Waals surface area contributed by atoms with Crippen LogP contribution in [0, 0.1) is 5.92 Å². The summed E-state index contributed by atoms with van der Waals surface area (Å²) in [5.74, 6) is 0.889. The van der Waals surface area contributed by atoms with Crippen LogP contribution in [-0.4, -0.2) is 26.0 Å². The fraction of sp³-hybridized carbons (Fsp3) is 0.312. The number of hydrogen-bond donors (Lipinski definition) is 1. The van der Waals surface area contributed by atoms with Gasteiger partial charge < -0.3 is 9.84 Å². The molecule has 0 unspecified atom stereocenters. The summed E-state index contributed by atoms with van der Waals surface area (Å²) < 4.78 is 5.17. The molecule has 3 aromatic rings. The van der Waals surface area contributed by atoms with E-state index in [9.17, 15) is 4.79 Å². The van der Waals surface area contributed by atoms with Gasteiger partial charge in [0.2, 0.25) is 0 Å². The lowest BCUT2D eigenvalue weighted by Gasteiger charge is -1.99. The Labute approximate surface area is 143 Å². The van der Waals surface area contributed by atoms with E-state index in [0.29, 0.717) is 18.2 Å². The highest BCUT2D eigenvalue weighted by atomic mass is 32.1. The van der Waals surface area contributed by atoms with Crippen molar-refractivity contribution in [1.82, 2.24) is 25.4 Å². The molecule has 3 aromatic heterocycles. The van der Waals surface area contributed by atoms with Crippen LogP contribution in [0.25, 0.3) is 10.7 Å². The largest absolute Gasteiger partial charge is 0.361 e. The quantitative estimate of drug-likeness (QED) is 0.739. The van der Waals surface area contributed by atoms with Crippen molar-refractivity contribution < 1.29 is 9.32 Å². The number of carbonyl (C=O) groups excluding carboxylic acids is 1. The van der Waals surface area contributed by atoms with Crippen LogP contribution in [0.15, 0.2) is 34.6 Å². The van der Waals surface area contributed by atoms with Crippen LogP contribution in [-0.2, 0) is 13.0 Å². The van der Waals surface area contributed by atoms with Gasteiger partial charge in [-0.1, -0.05) is 19.0 Å². The zero-order chi connectivity index (χ0) is 16.9. The lowest BCUT2D eigenvalue weighted by molar-refractivity contribution is 0.0941. The number of aromatic nitrogens is 4. The van der Waals surface area contributed by atoms with Crippen LogP contribution in [0.1, 0.15) is 35.8 Å². The number of carbonyl (C=O) groups is 1. The normalized spacial score (nSPS) is 11.0. The van der Waals surface area contributed by atoms with Gasteiger partial charge in [-0.25, -0.2) is 4.98 Å². The third kappa shape index (κ3) is 4.02. The van der Waals surface area contributed by atoms with Crippen molar-refractivity contribution in [2.24, 2.45) is 5.92 Å². The molecule has 0 fully saturated rings. The molecule has 124 valence electrons. The average molecular weight is 343 g/mol. The first-order valence-electron chi connectivity index (χ1n) is 7.56. The highest BCUT2D eigenvalue weighted by molar-refractivity contribution is 7.13. The van der Waals surface area contributed by atoms with Crippen molar-refractivity contribution in [1.29, 1.82) is 0 Å². The van der Waals surface area contributed by atoms with E-state index in [0.717, 1.165) is 22.8 Å². The van der Waals surface area contributed by atoms with Gasteiger partial charge in [0.1, 0.15) is 16.5 Å². The second kappa shape index (κ2) is 7.31. The van der Waals surface area contributed by atoms with Crippen molar-refractivity contribution in [3.8, 4) is 10.7 Å². The topological polar surface area (TPSA) is 93.8 Å². The number of thiazole rings is 1. The van der Waals surface area contributed by atoms with Gasteiger partial charge in [-0.05, 0) is 5.92 Å². The highest BCUT2D eigenvalue weighted by Gasteiger charge is 2.14. The van der Waals surface area contributed by atoms with Crippen molar-refractivity contribution in [2.45, 2.75) is 26.8 Å². The Morgan fingerprint density at radius 3 is 3.00 bits per heavy atom. The van der Waals surface area contributed by atoms with Gasteiger partial charge in [0.15, 0.2) is 5.69 Å². The molecular weight excluding hydrogens is 326 g/mol. The molecular formula is C16H17N5O2S. The molecule has 0 aliphatic carbocycles. The minimum Gasteiger partial charge on any atom is -0.361 e. The Morgan fingerprint density at radius 2 is 2.25 bits per heavy atom. The van der Waals surface area contributed by atoms with E-state index in [1.807, 2.05) is 5.38 Å². The molecule has 0 aromatic carbocycles. The molecule has 0 aliphatic rings. The van der Waals surface area contributed by atoms with Crippen molar-refractivity contribution >= 4 is 17.2 Å². The van der Waals surface area contributed by atoms with Crippen LogP contribution in [0.4, 0.5) is 0 Å². The van der Waals surface area contributed by atoms with Crippen molar-refractivity contribution in [2.75, 3.05) is 0 Å². The summed E-state index contributed by atoms with van der Waals surface area (Å²) in [7, 11) is 0. The third-order valence-corrected chi connectivity index (χ3v) is 4.08. The van der Waals surface area contributed by atoms with Gasteiger partial charge in [0.25, 0.3) is 5.91 Å². The second-order valence-electron chi connectivity index (χ2n) is 5.69. The van der Waals surface area contributed by atoms with E-state index in [1.54, 1.807) is 24.7 Å². The Hall–Kier alpha value is -2.61. The van der Waals surface area contributed by atoms with Crippen molar-refractivity contribution in [3.05, 3.63) is 47.2 Å². The molecule has 3 heterocycles. The standard InChI is InChI=1S/C16H17N5O2S/c1-10(2)5-12-6-13(21-23-12)15(22)19-7-11-9-24-16(20-11)14-8-17-3-4-18-14/h3-4,6,8-10H,5,7H2,1-2H3,(H,19,22). The number of nitrogens with zero attached hydrogens (tertiary/aromatic N) is 4. The third-order valence-electron chi connectivity index (χ3n) is 3.17. The monoisotopic (exact) mass is 343 g/mol. The SMILES string of the molecule is CC(C)Cc1cc(C(=O)NCc2csc(-c3cnccn3)n2)no1. The highest BCUT2D eigenvalue weighted by Crippen LogP contribution is 2.20. The summed E-state index contributed by atoms with van der Waals surface area (Å²) in [5, 5.41) is 9.26. The molecule has 0 spiro atoms. The fourth-order valence-electron chi connectivity index (χ4n) is 2.10. The smallest absolute Gasteiger partial charge is 0.273 e. The Kier molecular flexibility index (Phi) is 4.95. The average Bonchev–Trinajstić information content (AvgIpc) is 3.22. The van der Waals surface area contributed by atoms with E-state index >= 15 is 0 Å². The number of hydrogen-bond acceptors (Lipinski definition) is 7. The molecule has 0 radical (unpaired) electrons. The summed E-state index contributed by atoms with van der Waals surface area (Å²) in [6.07, 6.45) is 5.65. The van der Waals surface area contributed by atoms with Gasteiger partial charge >= 0.3 is 0 Å². The van der Waals surface area contributed by atoms with E-state index in [2.05, 4.69) is 39.3 Å². The molecule has 0 aliphatic heterocycles. The first-order valence-corrected chi connectivity index (χ1v) is 8.44. The molecule has 7 nitrogen and oxygen atoms in total. The zero-order valence-corrected chi connectivity index (χ0v) is 14.2. The summed E-state index contributed by atoms with van der Waals surface area (Å²) in [6, 6.07) is 1.68. The van der Waals surface area contributed by atoms with Crippen LogP contribution in [0.3, 0.4) is 0 Å². The lowest BCUT2D eigenvalue weighted by Crippen LogP contribution is -2.23. The predicted octanol–water partition coefficient (Wildman–Crippen LogP) is 2.72. The maximum absolute atomic E-state index is 12.1. The zero-order valence-electron chi connectivity index (χ0n) is 13.4. The lowest BCUT2D eigenvalue weighted by atomic mass is 10.1. The van der Waals surface area contributed by atoms with Crippen LogP contribution in [0.5, 0.6) is 0 Å². The maximum Gasteiger partial charge on any atom is 0.273 e. The van der Waals surface area contributed by atoms with Crippen LogP contribution >= 0.6 is 11.3 Å². The summed E-state index contributed by atoms with van der Waals surface area (Å²) in [6.45, 7) is 4.49. The molecule has 3 rings (SSSR count).